The number of carbonyl (C=O) groups is 1. The normalized spacial score (nSPS) is 11.2. The first-order chi connectivity index (χ1) is 8.74. The smallest absolute Gasteiger partial charge is 0.251 e. The van der Waals surface area contributed by atoms with E-state index < -0.39 is 0 Å². The van der Waals surface area contributed by atoms with E-state index in [0.717, 1.165) is 12.2 Å². The third-order valence-corrected chi connectivity index (χ3v) is 2.75. The third-order valence-electron chi connectivity index (χ3n) is 2.75. The lowest BCUT2D eigenvalue weighted by atomic mass is 9.96. The molecule has 106 valence electrons. The number of hydrogen-bond acceptors (Lipinski definition) is 3. The number of anilines is 2. The van der Waals surface area contributed by atoms with Crippen LogP contribution in [0.1, 0.15) is 38.1 Å². The van der Waals surface area contributed by atoms with E-state index in [2.05, 4.69) is 31.0 Å². The summed E-state index contributed by atoms with van der Waals surface area (Å²) in [4.78, 5) is 13.9. The Bertz CT molecular complexity index is 449. The van der Waals surface area contributed by atoms with Gasteiger partial charge in [-0.1, -0.05) is 20.8 Å². The number of carbonyl (C=O) groups excluding carboxylic acids is 1. The number of benzene rings is 1. The van der Waals surface area contributed by atoms with E-state index in [1.165, 1.54) is 0 Å². The predicted molar refractivity (Wildman–Crippen MR) is 81.6 cm³/mol. The zero-order valence-corrected chi connectivity index (χ0v) is 12.6. The van der Waals surface area contributed by atoms with Gasteiger partial charge in [-0.15, -0.1) is 0 Å². The second kappa shape index (κ2) is 5.95. The lowest BCUT2D eigenvalue weighted by Gasteiger charge is -2.29. The first kappa shape index (κ1) is 15.3. The summed E-state index contributed by atoms with van der Waals surface area (Å²) in [5.74, 6) is -0.0621. The van der Waals surface area contributed by atoms with Gasteiger partial charge in [-0.2, -0.15) is 0 Å². The van der Waals surface area contributed by atoms with Gasteiger partial charge in [-0.3, -0.25) is 4.79 Å². The molecule has 0 fully saturated rings. The molecule has 0 heterocycles. The second-order valence-corrected chi connectivity index (χ2v) is 6.05. The predicted octanol–water partition coefficient (Wildman–Crippen LogP) is 2.50. The number of nitrogens with two attached hydrogens (primary N) is 1. The number of rotatable bonds is 4. The van der Waals surface area contributed by atoms with Gasteiger partial charge in [0.25, 0.3) is 5.91 Å². The first-order valence-electron chi connectivity index (χ1n) is 6.63. The molecule has 0 spiro atoms. The molecular weight excluding hydrogens is 238 g/mol. The van der Waals surface area contributed by atoms with E-state index in [1.54, 1.807) is 12.1 Å². The highest BCUT2D eigenvalue weighted by atomic mass is 16.1. The fraction of sp³-hybridized carbons (Fsp3) is 0.533. The molecule has 0 aliphatic rings. The molecule has 1 rings (SSSR count). The molecule has 0 atom stereocenters. The number of amides is 1. The van der Waals surface area contributed by atoms with Crippen LogP contribution in [0.25, 0.3) is 0 Å². The zero-order valence-electron chi connectivity index (χ0n) is 12.6. The maximum absolute atomic E-state index is 11.8. The highest BCUT2D eigenvalue weighted by molar-refractivity contribution is 5.96. The lowest BCUT2D eigenvalue weighted by molar-refractivity contribution is 0.0956. The van der Waals surface area contributed by atoms with E-state index in [9.17, 15) is 4.79 Å². The van der Waals surface area contributed by atoms with E-state index in [0.29, 0.717) is 17.8 Å². The van der Waals surface area contributed by atoms with Crippen molar-refractivity contribution in [1.82, 2.24) is 5.32 Å². The Hall–Kier alpha value is -1.71. The van der Waals surface area contributed by atoms with Crippen molar-refractivity contribution in [3.8, 4) is 0 Å². The Labute approximate surface area is 116 Å². The van der Waals surface area contributed by atoms with Crippen molar-refractivity contribution in [3.63, 3.8) is 0 Å². The van der Waals surface area contributed by atoms with Gasteiger partial charge >= 0.3 is 0 Å². The van der Waals surface area contributed by atoms with Crippen molar-refractivity contribution in [1.29, 1.82) is 0 Å². The van der Waals surface area contributed by atoms with Crippen molar-refractivity contribution in [2.45, 2.75) is 27.7 Å². The highest BCUT2D eigenvalue weighted by Gasteiger charge is 2.16. The summed E-state index contributed by atoms with van der Waals surface area (Å²) < 4.78 is 0. The molecule has 1 aromatic rings. The zero-order chi connectivity index (χ0) is 14.6. The summed E-state index contributed by atoms with van der Waals surface area (Å²) in [6.45, 7) is 9.92. The van der Waals surface area contributed by atoms with Crippen molar-refractivity contribution in [3.05, 3.63) is 23.8 Å². The second-order valence-electron chi connectivity index (χ2n) is 6.05. The SMILES string of the molecule is CCNC(=O)c1ccc(N)c(N(C)CC(C)(C)C)c1. The molecule has 1 aromatic carbocycles. The lowest BCUT2D eigenvalue weighted by Crippen LogP contribution is -2.30. The van der Waals surface area contributed by atoms with Crippen LogP contribution in [0.5, 0.6) is 0 Å². The molecule has 3 N–H and O–H groups in total. The number of nitrogens with zero attached hydrogens (tertiary/aromatic N) is 1. The molecular formula is C15H25N3O. The van der Waals surface area contributed by atoms with Gasteiger partial charge in [0.2, 0.25) is 0 Å². The fourth-order valence-corrected chi connectivity index (χ4v) is 2.07. The van der Waals surface area contributed by atoms with Crippen LogP contribution in [-0.2, 0) is 0 Å². The van der Waals surface area contributed by atoms with E-state index in [4.69, 9.17) is 5.73 Å². The van der Waals surface area contributed by atoms with E-state index in [1.807, 2.05) is 20.0 Å². The standard InChI is InChI=1S/C15H25N3O/c1-6-17-14(19)11-7-8-12(16)13(9-11)18(5)10-15(2,3)4/h7-9H,6,10,16H2,1-5H3,(H,17,19). The quantitative estimate of drug-likeness (QED) is 0.821. The third kappa shape index (κ3) is 4.47. The topological polar surface area (TPSA) is 58.4 Å². The van der Waals surface area contributed by atoms with Gasteiger partial charge in [-0.25, -0.2) is 0 Å². The molecule has 0 radical (unpaired) electrons. The van der Waals surface area contributed by atoms with Gasteiger partial charge in [-0.05, 0) is 30.5 Å². The van der Waals surface area contributed by atoms with Gasteiger partial charge < -0.3 is 16.0 Å². The molecule has 0 aliphatic carbocycles. The van der Waals surface area contributed by atoms with Crippen LogP contribution in [0.4, 0.5) is 11.4 Å². The average molecular weight is 263 g/mol. The molecule has 0 aliphatic heterocycles. The minimum atomic E-state index is -0.0621. The van der Waals surface area contributed by atoms with Gasteiger partial charge in [0, 0.05) is 25.7 Å². The Kier molecular flexibility index (Phi) is 4.81. The van der Waals surface area contributed by atoms with Crippen molar-refractivity contribution in [2.75, 3.05) is 30.8 Å². The molecule has 4 nitrogen and oxygen atoms in total. The van der Waals surface area contributed by atoms with E-state index in [-0.39, 0.29) is 11.3 Å². The maximum atomic E-state index is 11.8. The Morgan fingerprint density at radius 1 is 1.37 bits per heavy atom. The van der Waals surface area contributed by atoms with Crippen LogP contribution in [0, 0.1) is 5.41 Å². The minimum absolute atomic E-state index is 0.0621. The summed E-state index contributed by atoms with van der Waals surface area (Å²) >= 11 is 0. The van der Waals surface area contributed by atoms with E-state index >= 15 is 0 Å². The largest absolute Gasteiger partial charge is 0.397 e. The summed E-state index contributed by atoms with van der Waals surface area (Å²) in [6, 6.07) is 5.40. The fourth-order valence-electron chi connectivity index (χ4n) is 2.07. The summed E-state index contributed by atoms with van der Waals surface area (Å²) in [7, 11) is 2.00. The molecule has 1 amide bonds. The minimum Gasteiger partial charge on any atom is -0.397 e. The first-order valence-corrected chi connectivity index (χ1v) is 6.63. The van der Waals surface area contributed by atoms with Crippen LogP contribution in [0.2, 0.25) is 0 Å². The molecule has 0 unspecified atom stereocenters. The summed E-state index contributed by atoms with van der Waals surface area (Å²) in [5.41, 5.74) is 8.42. The maximum Gasteiger partial charge on any atom is 0.251 e. The van der Waals surface area contributed by atoms with Crippen molar-refractivity contribution >= 4 is 17.3 Å². The molecule has 0 aromatic heterocycles. The molecule has 4 heteroatoms. The number of hydrogen-bond donors (Lipinski definition) is 2. The average Bonchev–Trinajstić information content (AvgIpc) is 2.27. The highest BCUT2D eigenvalue weighted by Crippen LogP contribution is 2.26. The molecule has 0 saturated carbocycles. The van der Waals surface area contributed by atoms with Crippen LogP contribution >= 0.6 is 0 Å². The van der Waals surface area contributed by atoms with Gasteiger partial charge in [0.05, 0.1) is 11.4 Å². The van der Waals surface area contributed by atoms with Crippen LogP contribution in [0.15, 0.2) is 18.2 Å². The van der Waals surface area contributed by atoms with Crippen LogP contribution < -0.4 is 16.0 Å². The number of nitrogen functional groups attached to an aromatic ring is 1. The Morgan fingerprint density at radius 2 is 2.00 bits per heavy atom. The summed E-state index contributed by atoms with van der Waals surface area (Å²) in [5, 5.41) is 2.80. The summed E-state index contributed by atoms with van der Waals surface area (Å²) in [6.07, 6.45) is 0. The monoisotopic (exact) mass is 263 g/mol. The van der Waals surface area contributed by atoms with Gasteiger partial charge in [0.1, 0.15) is 0 Å². The molecule has 0 saturated heterocycles. The van der Waals surface area contributed by atoms with Crippen LogP contribution in [0.3, 0.4) is 0 Å². The van der Waals surface area contributed by atoms with Crippen molar-refractivity contribution in [2.24, 2.45) is 5.41 Å². The Balaban J connectivity index is 3.00. The molecule has 0 bridgehead atoms. The Morgan fingerprint density at radius 3 is 2.53 bits per heavy atom. The van der Waals surface area contributed by atoms with Gasteiger partial charge in [0.15, 0.2) is 0 Å². The van der Waals surface area contributed by atoms with Crippen LogP contribution in [-0.4, -0.2) is 26.0 Å². The molecule has 19 heavy (non-hydrogen) atoms. The van der Waals surface area contributed by atoms with Crippen molar-refractivity contribution < 1.29 is 4.79 Å². The number of nitrogens with one attached hydrogen (secondary N) is 1.